The van der Waals surface area contributed by atoms with Crippen molar-refractivity contribution in [3.8, 4) is 11.5 Å². The Morgan fingerprint density at radius 2 is 1.70 bits per heavy atom. The first-order valence-electron chi connectivity index (χ1n) is 17.6. The van der Waals surface area contributed by atoms with Crippen molar-refractivity contribution in [3.05, 3.63) is 41.5 Å². The summed E-state index contributed by atoms with van der Waals surface area (Å²) in [5.41, 5.74) is 4.08. The summed E-state index contributed by atoms with van der Waals surface area (Å²) in [6.45, 7) is 17.2. The van der Waals surface area contributed by atoms with Gasteiger partial charge in [0, 0.05) is 11.5 Å². The fraction of sp³-hybridized carbons (Fsp3) is 0.725. The molecule has 5 aliphatic carbocycles. The Kier molecular flexibility index (Phi) is 7.89. The highest BCUT2D eigenvalue weighted by Crippen LogP contribution is 2.89. The van der Waals surface area contributed by atoms with Crippen LogP contribution in [-0.2, 0) is 9.53 Å². The summed E-state index contributed by atoms with van der Waals surface area (Å²) in [6, 6.07) is 5.09. The Balaban J connectivity index is 1.15. The standard InChI is InChI=1S/C40H58O4/c1-26(2)10-9-11-27(3)29-18-20-38(7)33-16-15-32-36(4,5)34(19-21-39(32)25-40(33,39)23-22-37(29,38)6)44-35(42)17-13-28-12-14-30(41)31(24-28)43-8/h10,12-14,17,24,27,29,32-34,41H,9,11,15-16,18-23,25H2,1-8H3/b17-13+/t27-,29-,32-,33-,34+,37-,38+,39-,40+/m1/s1. The van der Waals surface area contributed by atoms with Gasteiger partial charge in [0.15, 0.2) is 11.5 Å². The number of methoxy groups -OCH3 is 1. The normalized spacial score (nSPS) is 40.6. The molecule has 242 valence electrons. The van der Waals surface area contributed by atoms with Crippen LogP contribution in [0.5, 0.6) is 11.5 Å². The third-order valence-corrected chi connectivity index (χ3v) is 14.8. The van der Waals surface area contributed by atoms with Gasteiger partial charge in [-0.1, -0.05) is 52.3 Å². The molecule has 5 saturated carbocycles. The molecule has 0 amide bonds. The first-order chi connectivity index (χ1) is 20.7. The Bertz CT molecular complexity index is 1340. The molecule has 0 heterocycles. The Morgan fingerprint density at radius 1 is 0.977 bits per heavy atom. The van der Waals surface area contributed by atoms with E-state index in [9.17, 15) is 9.90 Å². The highest BCUT2D eigenvalue weighted by Gasteiger charge is 2.82. The highest BCUT2D eigenvalue weighted by atomic mass is 16.5. The van der Waals surface area contributed by atoms with E-state index in [1.54, 1.807) is 24.3 Å². The van der Waals surface area contributed by atoms with E-state index in [1.165, 1.54) is 83.0 Å². The number of rotatable bonds is 8. The molecule has 4 heteroatoms. The summed E-state index contributed by atoms with van der Waals surface area (Å²) in [5.74, 6) is 3.33. The molecule has 0 aliphatic heterocycles. The number of hydrogen-bond acceptors (Lipinski definition) is 4. The van der Waals surface area contributed by atoms with Crippen LogP contribution in [0.3, 0.4) is 0 Å². The largest absolute Gasteiger partial charge is 0.504 e. The number of carbonyl (C=O) groups excluding carboxylic acids is 1. The first kappa shape index (κ1) is 31.7. The Labute approximate surface area is 267 Å². The van der Waals surface area contributed by atoms with Crippen LogP contribution in [0.1, 0.15) is 125 Å². The minimum absolute atomic E-state index is 0.0305. The monoisotopic (exact) mass is 602 g/mol. The molecule has 2 spiro atoms. The van der Waals surface area contributed by atoms with Gasteiger partial charge in [0.1, 0.15) is 6.10 Å². The van der Waals surface area contributed by atoms with Crippen molar-refractivity contribution in [1.29, 1.82) is 0 Å². The van der Waals surface area contributed by atoms with Gasteiger partial charge < -0.3 is 14.6 Å². The lowest BCUT2D eigenvalue weighted by molar-refractivity contribution is -0.179. The van der Waals surface area contributed by atoms with E-state index in [0.717, 1.165) is 29.7 Å². The van der Waals surface area contributed by atoms with Crippen molar-refractivity contribution in [2.75, 3.05) is 7.11 Å². The number of benzene rings is 1. The molecule has 5 fully saturated rings. The second kappa shape index (κ2) is 10.9. The number of allylic oxidation sites excluding steroid dienone is 2. The maximum Gasteiger partial charge on any atom is 0.331 e. The van der Waals surface area contributed by atoms with Gasteiger partial charge in [0.2, 0.25) is 0 Å². The number of ether oxygens (including phenoxy) is 2. The fourth-order valence-corrected chi connectivity index (χ4v) is 12.5. The third kappa shape index (κ3) is 4.62. The van der Waals surface area contributed by atoms with Crippen LogP contribution in [0.2, 0.25) is 0 Å². The molecule has 0 radical (unpaired) electrons. The minimum Gasteiger partial charge on any atom is -0.504 e. The lowest BCUT2D eigenvalue weighted by atomic mass is 9.41. The molecule has 1 N–H and O–H groups in total. The van der Waals surface area contributed by atoms with Gasteiger partial charge in [-0.2, -0.15) is 0 Å². The van der Waals surface area contributed by atoms with E-state index in [4.69, 9.17) is 9.47 Å². The van der Waals surface area contributed by atoms with E-state index in [2.05, 4.69) is 54.5 Å². The number of hydrogen-bond donors (Lipinski definition) is 1. The van der Waals surface area contributed by atoms with Crippen LogP contribution >= 0.6 is 0 Å². The number of fused-ring (bicyclic) bond motifs is 2. The van der Waals surface area contributed by atoms with Gasteiger partial charge in [-0.05, 0) is 154 Å². The molecule has 1 aromatic carbocycles. The van der Waals surface area contributed by atoms with Crippen molar-refractivity contribution in [2.45, 2.75) is 125 Å². The molecule has 4 nitrogen and oxygen atoms in total. The second-order valence-electron chi connectivity index (χ2n) is 17.0. The quantitative estimate of drug-likeness (QED) is 0.183. The highest BCUT2D eigenvalue weighted by molar-refractivity contribution is 5.87. The van der Waals surface area contributed by atoms with E-state index in [0.29, 0.717) is 33.3 Å². The van der Waals surface area contributed by atoms with Crippen molar-refractivity contribution >= 4 is 12.0 Å². The van der Waals surface area contributed by atoms with Crippen molar-refractivity contribution < 1.29 is 19.4 Å². The summed E-state index contributed by atoms with van der Waals surface area (Å²) in [4.78, 5) is 13.1. The lowest BCUT2D eigenvalue weighted by Gasteiger charge is -2.63. The molecular formula is C40H58O4. The molecule has 9 atom stereocenters. The molecule has 1 aromatic rings. The summed E-state index contributed by atoms with van der Waals surface area (Å²) in [6.07, 6.45) is 20.1. The molecule has 5 aliphatic rings. The van der Waals surface area contributed by atoms with Gasteiger partial charge in [-0.15, -0.1) is 0 Å². The number of aromatic hydroxyl groups is 1. The van der Waals surface area contributed by atoms with Gasteiger partial charge in [-0.3, -0.25) is 0 Å². The van der Waals surface area contributed by atoms with Gasteiger partial charge >= 0.3 is 5.97 Å². The van der Waals surface area contributed by atoms with Crippen LogP contribution in [0.4, 0.5) is 0 Å². The zero-order valence-corrected chi connectivity index (χ0v) is 28.8. The fourth-order valence-electron chi connectivity index (χ4n) is 12.5. The maximum atomic E-state index is 13.1. The number of esters is 1. The summed E-state index contributed by atoms with van der Waals surface area (Å²) < 4.78 is 11.4. The first-order valence-corrected chi connectivity index (χ1v) is 17.6. The van der Waals surface area contributed by atoms with E-state index in [-0.39, 0.29) is 23.2 Å². The van der Waals surface area contributed by atoms with Crippen molar-refractivity contribution in [2.24, 2.45) is 50.7 Å². The molecule has 6 rings (SSSR count). The molecule has 0 saturated heterocycles. The minimum atomic E-state index is -0.276. The number of phenols is 1. The average Bonchev–Trinajstić information content (AvgIpc) is 3.55. The van der Waals surface area contributed by atoms with E-state index < -0.39 is 0 Å². The predicted octanol–water partition coefficient (Wildman–Crippen LogP) is 10.1. The SMILES string of the molecule is COc1cc(/C=C/C(=O)O[C@H]2CC[C@]34C[C@]35CC[C@]3(C)[C@@H]([C@H](C)CCC=C(C)C)CC[C@@]3(C)[C@H]5CC[C@@H]4C2(C)C)ccc1O. The Hall–Kier alpha value is -2.23. The van der Waals surface area contributed by atoms with Crippen LogP contribution in [0.15, 0.2) is 35.9 Å². The smallest absolute Gasteiger partial charge is 0.331 e. The summed E-state index contributed by atoms with van der Waals surface area (Å²) in [7, 11) is 1.53. The van der Waals surface area contributed by atoms with E-state index in [1.807, 2.05) is 0 Å². The molecule has 44 heavy (non-hydrogen) atoms. The van der Waals surface area contributed by atoms with Crippen LogP contribution in [0, 0.1) is 50.7 Å². The van der Waals surface area contributed by atoms with Crippen LogP contribution in [0.25, 0.3) is 6.08 Å². The van der Waals surface area contributed by atoms with E-state index >= 15 is 0 Å². The molecular weight excluding hydrogens is 544 g/mol. The zero-order valence-electron chi connectivity index (χ0n) is 28.8. The van der Waals surface area contributed by atoms with Gasteiger partial charge in [0.05, 0.1) is 7.11 Å². The van der Waals surface area contributed by atoms with Crippen molar-refractivity contribution in [3.63, 3.8) is 0 Å². The third-order valence-electron chi connectivity index (χ3n) is 14.8. The molecule has 0 aromatic heterocycles. The molecule has 0 bridgehead atoms. The number of carbonyl (C=O) groups is 1. The lowest BCUT2D eigenvalue weighted by Crippen LogP contribution is -2.58. The van der Waals surface area contributed by atoms with Gasteiger partial charge in [-0.25, -0.2) is 4.79 Å². The Morgan fingerprint density at radius 3 is 2.43 bits per heavy atom. The topological polar surface area (TPSA) is 55.8 Å². The summed E-state index contributed by atoms with van der Waals surface area (Å²) in [5, 5.41) is 9.88. The second-order valence-corrected chi connectivity index (χ2v) is 17.0. The van der Waals surface area contributed by atoms with Gasteiger partial charge in [0.25, 0.3) is 0 Å². The van der Waals surface area contributed by atoms with Crippen LogP contribution < -0.4 is 4.74 Å². The summed E-state index contributed by atoms with van der Waals surface area (Å²) >= 11 is 0. The number of phenolic OH excluding ortho intramolecular Hbond substituents is 1. The van der Waals surface area contributed by atoms with Crippen LogP contribution in [-0.4, -0.2) is 24.3 Å². The maximum absolute atomic E-state index is 13.1. The zero-order chi connectivity index (χ0) is 31.7. The molecule has 0 unspecified atom stereocenters. The predicted molar refractivity (Wildman–Crippen MR) is 178 cm³/mol. The van der Waals surface area contributed by atoms with Crippen molar-refractivity contribution in [1.82, 2.24) is 0 Å². The average molecular weight is 603 g/mol.